The Morgan fingerprint density at radius 1 is 1.39 bits per heavy atom. The van der Waals surface area contributed by atoms with Crippen LogP contribution in [-0.4, -0.2) is 24.4 Å². The molecule has 0 bridgehead atoms. The van der Waals surface area contributed by atoms with Crippen molar-refractivity contribution in [1.29, 1.82) is 0 Å². The van der Waals surface area contributed by atoms with Gasteiger partial charge >= 0.3 is 6.18 Å². The van der Waals surface area contributed by atoms with Gasteiger partial charge in [-0.2, -0.15) is 13.2 Å². The van der Waals surface area contributed by atoms with Crippen LogP contribution in [0.1, 0.15) is 17.5 Å². The fraction of sp³-hybridized carbons (Fsp3) is 0.462. The van der Waals surface area contributed by atoms with Crippen LogP contribution in [0.15, 0.2) is 24.3 Å². The SMILES string of the molecule is O=CN1CC2CC2(c2cccc(C(F)(F)F)c2)C1. The van der Waals surface area contributed by atoms with Gasteiger partial charge in [-0.25, -0.2) is 0 Å². The molecule has 1 aliphatic carbocycles. The van der Waals surface area contributed by atoms with E-state index in [0.717, 1.165) is 18.9 Å². The summed E-state index contributed by atoms with van der Waals surface area (Å²) in [6.07, 6.45) is -2.64. The van der Waals surface area contributed by atoms with Crippen LogP contribution < -0.4 is 0 Å². The van der Waals surface area contributed by atoms with E-state index in [2.05, 4.69) is 0 Å². The number of benzene rings is 1. The van der Waals surface area contributed by atoms with E-state index in [4.69, 9.17) is 0 Å². The molecule has 0 N–H and O–H groups in total. The van der Waals surface area contributed by atoms with Gasteiger partial charge in [0.05, 0.1) is 5.56 Å². The van der Waals surface area contributed by atoms with Crippen molar-refractivity contribution in [3.63, 3.8) is 0 Å². The van der Waals surface area contributed by atoms with Gasteiger partial charge < -0.3 is 4.90 Å². The highest BCUT2D eigenvalue weighted by atomic mass is 19.4. The number of nitrogens with zero attached hydrogens (tertiary/aromatic N) is 1. The van der Waals surface area contributed by atoms with Gasteiger partial charge in [-0.1, -0.05) is 18.2 Å². The first-order valence-corrected chi connectivity index (χ1v) is 5.83. The second-order valence-corrected chi connectivity index (χ2v) is 5.17. The number of likely N-dealkylation sites (tertiary alicyclic amines) is 1. The van der Waals surface area contributed by atoms with Crippen molar-refractivity contribution in [2.75, 3.05) is 13.1 Å². The second kappa shape index (κ2) is 3.49. The lowest BCUT2D eigenvalue weighted by atomic mass is 9.93. The van der Waals surface area contributed by atoms with Crippen molar-refractivity contribution < 1.29 is 18.0 Å². The predicted molar refractivity (Wildman–Crippen MR) is 58.9 cm³/mol. The molecule has 1 saturated carbocycles. The van der Waals surface area contributed by atoms with Crippen molar-refractivity contribution in [2.45, 2.75) is 18.0 Å². The molecule has 1 amide bonds. The third-order valence-corrected chi connectivity index (χ3v) is 4.09. The molecule has 2 unspecified atom stereocenters. The van der Waals surface area contributed by atoms with Gasteiger partial charge in [-0.05, 0) is 24.0 Å². The summed E-state index contributed by atoms with van der Waals surface area (Å²) in [5.41, 5.74) is -0.112. The smallest absolute Gasteiger partial charge is 0.344 e. The number of hydrogen-bond donors (Lipinski definition) is 0. The zero-order chi connectivity index (χ0) is 13.0. The van der Waals surface area contributed by atoms with Crippen LogP contribution in [0.5, 0.6) is 0 Å². The van der Waals surface area contributed by atoms with Crippen LogP contribution in [0.4, 0.5) is 13.2 Å². The van der Waals surface area contributed by atoms with E-state index >= 15 is 0 Å². The summed E-state index contributed by atoms with van der Waals surface area (Å²) < 4.78 is 38.0. The van der Waals surface area contributed by atoms with Gasteiger partial charge in [-0.3, -0.25) is 4.79 Å². The largest absolute Gasteiger partial charge is 0.416 e. The Bertz CT molecular complexity index is 499. The molecule has 0 aromatic heterocycles. The average Bonchev–Trinajstić information content (AvgIpc) is 2.92. The summed E-state index contributed by atoms with van der Waals surface area (Å²) in [6, 6.07) is 5.51. The molecule has 1 aromatic rings. The zero-order valence-electron chi connectivity index (χ0n) is 9.57. The molecule has 3 rings (SSSR count). The number of fused-ring (bicyclic) bond motifs is 1. The standard InChI is InChI=1S/C13H12F3NO/c14-13(15,16)10-3-1-2-9(4-10)12-5-11(12)6-17(7-12)8-18/h1-4,8,11H,5-7H2. The molecule has 0 spiro atoms. The van der Waals surface area contributed by atoms with Crippen LogP contribution in [0.25, 0.3) is 0 Å². The van der Waals surface area contributed by atoms with Gasteiger partial charge in [0.1, 0.15) is 0 Å². The Balaban J connectivity index is 1.93. The molecule has 5 heteroatoms. The first-order valence-electron chi connectivity index (χ1n) is 5.83. The van der Waals surface area contributed by atoms with Crippen molar-refractivity contribution in [3.8, 4) is 0 Å². The van der Waals surface area contributed by atoms with E-state index in [9.17, 15) is 18.0 Å². The molecule has 18 heavy (non-hydrogen) atoms. The van der Waals surface area contributed by atoms with E-state index < -0.39 is 11.7 Å². The first-order chi connectivity index (χ1) is 8.45. The lowest BCUT2D eigenvalue weighted by molar-refractivity contribution is -0.137. The zero-order valence-corrected chi connectivity index (χ0v) is 9.57. The van der Waals surface area contributed by atoms with E-state index in [0.29, 0.717) is 24.6 Å². The lowest BCUT2D eigenvalue weighted by Crippen LogP contribution is -2.25. The maximum absolute atomic E-state index is 12.7. The summed E-state index contributed by atoms with van der Waals surface area (Å²) in [5, 5.41) is 0. The van der Waals surface area contributed by atoms with Crippen molar-refractivity contribution in [1.82, 2.24) is 4.90 Å². The Kier molecular flexibility index (Phi) is 2.24. The molecule has 2 nitrogen and oxygen atoms in total. The van der Waals surface area contributed by atoms with Crippen LogP contribution in [0.3, 0.4) is 0 Å². The quantitative estimate of drug-likeness (QED) is 0.743. The highest BCUT2D eigenvalue weighted by molar-refractivity contribution is 5.52. The normalized spacial score (nSPS) is 30.2. The van der Waals surface area contributed by atoms with Crippen molar-refractivity contribution in [2.24, 2.45) is 5.92 Å². The molecular formula is C13H12F3NO. The molecule has 0 radical (unpaired) electrons. The van der Waals surface area contributed by atoms with Gasteiger partial charge in [0.25, 0.3) is 0 Å². The maximum atomic E-state index is 12.7. The molecule has 1 saturated heterocycles. The summed E-state index contributed by atoms with van der Waals surface area (Å²) in [6.45, 7) is 1.21. The molecule has 2 fully saturated rings. The first kappa shape index (κ1) is 11.6. The number of amides is 1. The maximum Gasteiger partial charge on any atom is 0.416 e. The molecule has 1 aliphatic heterocycles. The highest BCUT2D eigenvalue weighted by Crippen LogP contribution is 2.59. The molecule has 96 valence electrons. The summed E-state index contributed by atoms with van der Waals surface area (Å²) >= 11 is 0. The van der Waals surface area contributed by atoms with Crippen molar-refractivity contribution >= 4 is 6.41 Å². The van der Waals surface area contributed by atoms with Crippen molar-refractivity contribution in [3.05, 3.63) is 35.4 Å². The summed E-state index contributed by atoms with van der Waals surface area (Å²) in [5.74, 6) is 0.325. The van der Waals surface area contributed by atoms with E-state index in [-0.39, 0.29) is 5.41 Å². The number of alkyl halides is 3. The van der Waals surface area contributed by atoms with E-state index in [1.165, 1.54) is 12.1 Å². The Morgan fingerprint density at radius 2 is 2.17 bits per heavy atom. The van der Waals surface area contributed by atoms with Crippen LogP contribution in [-0.2, 0) is 16.4 Å². The van der Waals surface area contributed by atoms with Crippen LogP contribution >= 0.6 is 0 Å². The fourth-order valence-corrected chi connectivity index (χ4v) is 3.05. The Morgan fingerprint density at radius 3 is 2.78 bits per heavy atom. The van der Waals surface area contributed by atoms with Gasteiger partial charge in [0.2, 0.25) is 6.41 Å². The predicted octanol–water partition coefficient (Wildman–Crippen LogP) is 2.44. The number of piperidine rings is 1. The minimum Gasteiger partial charge on any atom is -0.344 e. The number of hydrogen-bond acceptors (Lipinski definition) is 1. The monoisotopic (exact) mass is 255 g/mol. The Labute approximate surface area is 102 Å². The van der Waals surface area contributed by atoms with Crippen LogP contribution in [0, 0.1) is 5.92 Å². The average molecular weight is 255 g/mol. The number of carbonyl (C=O) groups is 1. The third-order valence-electron chi connectivity index (χ3n) is 4.09. The van der Waals surface area contributed by atoms with E-state index in [1.807, 2.05) is 0 Å². The topological polar surface area (TPSA) is 20.3 Å². The number of carbonyl (C=O) groups excluding carboxylic acids is 1. The number of halogens is 3. The summed E-state index contributed by atoms with van der Waals surface area (Å²) in [4.78, 5) is 12.4. The number of rotatable bonds is 2. The molecule has 1 aromatic carbocycles. The highest BCUT2D eigenvalue weighted by Gasteiger charge is 2.60. The fourth-order valence-electron chi connectivity index (χ4n) is 3.05. The van der Waals surface area contributed by atoms with Gasteiger partial charge in [0, 0.05) is 18.5 Å². The molecular weight excluding hydrogens is 243 g/mol. The molecule has 1 heterocycles. The van der Waals surface area contributed by atoms with Gasteiger partial charge in [-0.15, -0.1) is 0 Å². The molecule has 2 atom stereocenters. The molecule has 2 aliphatic rings. The summed E-state index contributed by atoms with van der Waals surface area (Å²) in [7, 11) is 0. The minimum absolute atomic E-state index is 0.220. The second-order valence-electron chi connectivity index (χ2n) is 5.17. The Hall–Kier alpha value is -1.52. The van der Waals surface area contributed by atoms with E-state index in [1.54, 1.807) is 11.0 Å². The van der Waals surface area contributed by atoms with Gasteiger partial charge in [0.15, 0.2) is 0 Å². The van der Waals surface area contributed by atoms with Crippen LogP contribution in [0.2, 0.25) is 0 Å². The minimum atomic E-state index is -4.31. The third kappa shape index (κ3) is 1.61. The lowest BCUT2D eigenvalue weighted by Gasteiger charge is -2.18.